The molecule has 0 bridgehead atoms. The molecule has 1 N–H and O–H groups in total. The first-order valence-corrected chi connectivity index (χ1v) is 8.30. The Labute approximate surface area is 163 Å². The van der Waals surface area contributed by atoms with E-state index in [2.05, 4.69) is 10.5 Å². The number of carbonyl (C=O) groups excluding carboxylic acids is 1. The summed E-state index contributed by atoms with van der Waals surface area (Å²) in [5, 5.41) is 15.5. The SMILES string of the molecule is CC(Oc1ccc(Cl)cc1Cl)C(=O)NN=Cc1cc([N+](=O)[O-])ccc1Cl. The zero-order chi connectivity index (χ0) is 19.3. The van der Waals surface area contributed by atoms with Gasteiger partial charge in [-0.05, 0) is 31.2 Å². The Bertz CT molecular complexity index is 874. The highest BCUT2D eigenvalue weighted by Gasteiger charge is 2.16. The fourth-order valence-corrected chi connectivity index (χ4v) is 2.43. The molecule has 0 radical (unpaired) electrons. The van der Waals surface area contributed by atoms with Crippen molar-refractivity contribution in [2.75, 3.05) is 0 Å². The van der Waals surface area contributed by atoms with Crippen molar-refractivity contribution in [3.05, 3.63) is 67.1 Å². The lowest BCUT2D eigenvalue weighted by Gasteiger charge is -2.14. The maximum absolute atomic E-state index is 12.0. The Hall–Kier alpha value is -2.35. The molecule has 0 saturated heterocycles. The van der Waals surface area contributed by atoms with Crippen LogP contribution in [0.1, 0.15) is 12.5 Å². The second kappa shape index (κ2) is 8.84. The zero-order valence-corrected chi connectivity index (χ0v) is 15.5. The number of nitro benzene ring substituents is 1. The molecule has 0 aromatic heterocycles. The van der Waals surface area contributed by atoms with Crippen molar-refractivity contribution in [1.82, 2.24) is 5.43 Å². The van der Waals surface area contributed by atoms with Gasteiger partial charge < -0.3 is 4.74 Å². The molecule has 0 aliphatic heterocycles. The lowest BCUT2D eigenvalue weighted by Crippen LogP contribution is -2.33. The van der Waals surface area contributed by atoms with E-state index in [1.54, 1.807) is 12.1 Å². The fourth-order valence-electron chi connectivity index (χ4n) is 1.81. The quantitative estimate of drug-likeness (QED) is 0.427. The van der Waals surface area contributed by atoms with E-state index in [-0.39, 0.29) is 21.3 Å². The molecular formula is C16H12Cl3N3O4. The van der Waals surface area contributed by atoms with E-state index in [1.165, 1.54) is 37.4 Å². The van der Waals surface area contributed by atoms with E-state index >= 15 is 0 Å². The summed E-state index contributed by atoms with van der Waals surface area (Å²) >= 11 is 17.7. The molecule has 7 nitrogen and oxygen atoms in total. The first-order valence-electron chi connectivity index (χ1n) is 7.16. The van der Waals surface area contributed by atoms with Crippen LogP contribution in [0.25, 0.3) is 0 Å². The van der Waals surface area contributed by atoms with E-state index in [0.717, 1.165) is 0 Å². The minimum absolute atomic E-state index is 0.142. The largest absolute Gasteiger partial charge is 0.479 e. The van der Waals surface area contributed by atoms with Gasteiger partial charge in [-0.2, -0.15) is 5.10 Å². The number of nitrogens with one attached hydrogen (secondary N) is 1. The molecule has 2 rings (SSSR count). The topological polar surface area (TPSA) is 93.8 Å². The Balaban J connectivity index is 2.00. The highest BCUT2D eigenvalue weighted by atomic mass is 35.5. The number of amides is 1. The van der Waals surface area contributed by atoms with Gasteiger partial charge in [-0.1, -0.05) is 34.8 Å². The highest BCUT2D eigenvalue weighted by Crippen LogP contribution is 2.28. The Morgan fingerprint density at radius 2 is 1.96 bits per heavy atom. The van der Waals surface area contributed by atoms with Crippen molar-refractivity contribution in [3.63, 3.8) is 0 Å². The molecule has 0 spiro atoms. The smallest absolute Gasteiger partial charge is 0.280 e. The number of carbonyl (C=O) groups is 1. The second-order valence-corrected chi connectivity index (χ2v) is 6.28. The molecule has 1 unspecified atom stereocenters. The molecular weight excluding hydrogens is 405 g/mol. The first-order chi connectivity index (χ1) is 12.3. The summed E-state index contributed by atoms with van der Waals surface area (Å²) in [7, 11) is 0. The van der Waals surface area contributed by atoms with Gasteiger partial charge in [-0.3, -0.25) is 14.9 Å². The number of hydrazone groups is 1. The maximum atomic E-state index is 12.0. The van der Waals surface area contributed by atoms with Crippen LogP contribution in [0, 0.1) is 10.1 Å². The van der Waals surface area contributed by atoms with Gasteiger partial charge in [0.05, 0.1) is 16.2 Å². The molecule has 0 saturated carbocycles. The van der Waals surface area contributed by atoms with Crippen LogP contribution in [-0.2, 0) is 4.79 Å². The van der Waals surface area contributed by atoms with Crippen molar-refractivity contribution >= 4 is 52.6 Å². The van der Waals surface area contributed by atoms with Gasteiger partial charge in [-0.15, -0.1) is 0 Å². The minimum atomic E-state index is -0.897. The number of rotatable bonds is 6. The van der Waals surface area contributed by atoms with Crippen LogP contribution in [0.5, 0.6) is 5.75 Å². The average Bonchev–Trinajstić information content (AvgIpc) is 2.58. The predicted molar refractivity (Wildman–Crippen MR) is 100 cm³/mol. The number of non-ortho nitro benzene ring substituents is 1. The number of nitrogens with zero attached hydrogens (tertiary/aromatic N) is 2. The number of halogens is 3. The Kier molecular flexibility index (Phi) is 6.79. The molecule has 0 heterocycles. The number of hydrogen-bond acceptors (Lipinski definition) is 5. The fraction of sp³-hybridized carbons (Fsp3) is 0.125. The third kappa shape index (κ3) is 5.32. The number of nitro groups is 1. The third-order valence-corrected chi connectivity index (χ3v) is 4.01. The van der Waals surface area contributed by atoms with Crippen LogP contribution in [0.4, 0.5) is 5.69 Å². The summed E-state index contributed by atoms with van der Waals surface area (Å²) in [4.78, 5) is 22.2. The average molecular weight is 417 g/mol. The summed E-state index contributed by atoms with van der Waals surface area (Å²) in [6, 6.07) is 8.49. The van der Waals surface area contributed by atoms with Crippen LogP contribution >= 0.6 is 34.8 Å². The van der Waals surface area contributed by atoms with E-state index in [0.29, 0.717) is 10.8 Å². The van der Waals surface area contributed by atoms with Gasteiger partial charge in [0.25, 0.3) is 11.6 Å². The van der Waals surface area contributed by atoms with Gasteiger partial charge >= 0.3 is 0 Å². The summed E-state index contributed by atoms with van der Waals surface area (Å²) in [6.07, 6.45) is 0.307. The molecule has 1 amide bonds. The monoisotopic (exact) mass is 415 g/mol. The third-order valence-electron chi connectivity index (χ3n) is 3.14. The van der Waals surface area contributed by atoms with E-state index in [4.69, 9.17) is 39.5 Å². The Morgan fingerprint density at radius 1 is 1.23 bits per heavy atom. The molecule has 0 aliphatic rings. The van der Waals surface area contributed by atoms with Gasteiger partial charge in [0.1, 0.15) is 5.75 Å². The predicted octanol–water partition coefficient (Wildman–Crippen LogP) is 4.47. The molecule has 136 valence electrons. The minimum Gasteiger partial charge on any atom is -0.479 e. The summed E-state index contributed by atoms with van der Waals surface area (Å²) < 4.78 is 5.45. The molecule has 26 heavy (non-hydrogen) atoms. The summed E-state index contributed by atoms with van der Waals surface area (Å²) in [5.41, 5.74) is 2.41. The van der Waals surface area contributed by atoms with Crippen molar-refractivity contribution < 1.29 is 14.5 Å². The van der Waals surface area contributed by atoms with Crippen LogP contribution in [0.2, 0.25) is 15.1 Å². The van der Waals surface area contributed by atoms with Gasteiger partial charge in [0.2, 0.25) is 0 Å². The van der Waals surface area contributed by atoms with Crippen molar-refractivity contribution in [1.29, 1.82) is 0 Å². The van der Waals surface area contributed by atoms with Crippen molar-refractivity contribution in [2.45, 2.75) is 13.0 Å². The van der Waals surface area contributed by atoms with Crippen LogP contribution < -0.4 is 10.2 Å². The first kappa shape index (κ1) is 20.0. The lowest BCUT2D eigenvalue weighted by atomic mass is 10.2. The van der Waals surface area contributed by atoms with Gasteiger partial charge in [0, 0.05) is 27.7 Å². The molecule has 2 aromatic carbocycles. The number of hydrogen-bond donors (Lipinski definition) is 1. The molecule has 0 aliphatic carbocycles. The molecule has 0 fully saturated rings. The summed E-state index contributed by atoms with van der Waals surface area (Å²) in [5.74, 6) is -0.252. The normalized spacial score (nSPS) is 12.0. The van der Waals surface area contributed by atoms with Gasteiger partial charge in [0.15, 0.2) is 6.10 Å². The van der Waals surface area contributed by atoms with Gasteiger partial charge in [-0.25, -0.2) is 5.43 Å². The zero-order valence-electron chi connectivity index (χ0n) is 13.3. The molecule has 10 heteroatoms. The molecule has 1 atom stereocenters. The molecule has 2 aromatic rings. The summed E-state index contributed by atoms with van der Waals surface area (Å²) in [6.45, 7) is 1.51. The van der Waals surface area contributed by atoms with Crippen LogP contribution in [0.15, 0.2) is 41.5 Å². The van der Waals surface area contributed by atoms with Crippen molar-refractivity contribution in [2.24, 2.45) is 5.10 Å². The van der Waals surface area contributed by atoms with E-state index < -0.39 is 16.9 Å². The van der Waals surface area contributed by atoms with E-state index in [1.807, 2.05) is 0 Å². The second-order valence-electron chi connectivity index (χ2n) is 5.03. The number of benzene rings is 2. The van der Waals surface area contributed by atoms with Crippen LogP contribution in [-0.4, -0.2) is 23.1 Å². The van der Waals surface area contributed by atoms with Crippen LogP contribution in [0.3, 0.4) is 0 Å². The standard InChI is InChI=1S/C16H12Cl3N3O4/c1-9(26-15-5-2-11(17)7-14(15)19)16(23)21-20-8-10-6-12(22(24)25)3-4-13(10)18/h2-9H,1H3,(H,21,23). The Morgan fingerprint density at radius 3 is 2.62 bits per heavy atom. The van der Waals surface area contributed by atoms with E-state index in [9.17, 15) is 14.9 Å². The van der Waals surface area contributed by atoms with Crippen molar-refractivity contribution in [3.8, 4) is 5.75 Å². The highest BCUT2D eigenvalue weighted by molar-refractivity contribution is 6.35. The lowest BCUT2D eigenvalue weighted by molar-refractivity contribution is -0.384. The maximum Gasteiger partial charge on any atom is 0.280 e. The number of ether oxygens (including phenoxy) is 1.